The van der Waals surface area contributed by atoms with E-state index in [9.17, 15) is 0 Å². The Bertz CT molecular complexity index is 204. The predicted molar refractivity (Wildman–Crippen MR) is 57.7 cm³/mol. The molecule has 84 valence electrons. The van der Waals surface area contributed by atoms with Crippen LogP contribution >= 0.6 is 12.4 Å². The molecule has 2 aliphatic heterocycles. The van der Waals surface area contributed by atoms with Gasteiger partial charge < -0.3 is 9.47 Å². The number of hydrogen-bond donors (Lipinski definition) is 1. The molecule has 0 aromatic rings. The van der Waals surface area contributed by atoms with Gasteiger partial charge in [-0.25, -0.2) is 0 Å². The fourth-order valence-corrected chi connectivity index (χ4v) is 2.26. The van der Waals surface area contributed by atoms with Gasteiger partial charge in [0.15, 0.2) is 0 Å². The van der Waals surface area contributed by atoms with Crippen LogP contribution in [0, 0.1) is 5.92 Å². The van der Waals surface area contributed by atoms with E-state index in [1.165, 1.54) is 0 Å². The monoisotopic (exact) mass is 221 g/mol. The third kappa shape index (κ3) is 2.22. The van der Waals surface area contributed by atoms with Crippen molar-refractivity contribution in [3.05, 3.63) is 0 Å². The molecule has 2 aliphatic rings. The van der Waals surface area contributed by atoms with Crippen LogP contribution in [0.25, 0.3) is 0 Å². The highest BCUT2D eigenvalue weighted by molar-refractivity contribution is 5.85. The van der Waals surface area contributed by atoms with Gasteiger partial charge in [0.1, 0.15) is 5.72 Å². The molecule has 2 fully saturated rings. The van der Waals surface area contributed by atoms with E-state index in [0.717, 1.165) is 26.2 Å². The van der Waals surface area contributed by atoms with E-state index >= 15 is 0 Å². The van der Waals surface area contributed by atoms with E-state index < -0.39 is 0 Å². The zero-order valence-electron chi connectivity index (χ0n) is 9.13. The van der Waals surface area contributed by atoms with Crippen molar-refractivity contribution in [2.24, 2.45) is 5.92 Å². The van der Waals surface area contributed by atoms with Gasteiger partial charge >= 0.3 is 0 Å². The minimum atomic E-state index is -0.167. The molecular weight excluding hydrogens is 202 g/mol. The van der Waals surface area contributed by atoms with Crippen molar-refractivity contribution in [1.29, 1.82) is 0 Å². The standard InChI is InChI=1S/C10H19NO2.ClH/c1-9(2)7-13-10(3,11-9)8-4-5-12-6-8;/h8,11H,4-7H2,1-3H3;1H. The maximum atomic E-state index is 5.85. The molecule has 2 unspecified atom stereocenters. The smallest absolute Gasteiger partial charge is 0.122 e. The molecule has 3 nitrogen and oxygen atoms in total. The average Bonchev–Trinajstić information content (AvgIpc) is 2.58. The van der Waals surface area contributed by atoms with Crippen LogP contribution in [0.2, 0.25) is 0 Å². The van der Waals surface area contributed by atoms with Crippen molar-refractivity contribution in [1.82, 2.24) is 5.32 Å². The molecule has 0 aliphatic carbocycles. The lowest BCUT2D eigenvalue weighted by molar-refractivity contribution is -0.0446. The van der Waals surface area contributed by atoms with Crippen LogP contribution in [0.15, 0.2) is 0 Å². The zero-order chi connectivity index (χ0) is 9.53. The van der Waals surface area contributed by atoms with E-state index in [4.69, 9.17) is 9.47 Å². The number of ether oxygens (including phenoxy) is 2. The molecule has 0 aromatic carbocycles. The van der Waals surface area contributed by atoms with Crippen LogP contribution in [-0.4, -0.2) is 31.1 Å². The lowest BCUT2D eigenvalue weighted by atomic mass is 9.95. The minimum absolute atomic E-state index is 0. The summed E-state index contributed by atoms with van der Waals surface area (Å²) in [5, 5.41) is 3.55. The largest absolute Gasteiger partial charge is 0.381 e. The van der Waals surface area contributed by atoms with Crippen molar-refractivity contribution in [3.8, 4) is 0 Å². The lowest BCUT2D eigenvalue weighted by Crippen LogP contribution is -2.51. The molecule has 1 N–H and O–H groups in total. The van der Waals surface area contributed by atoms with Gasteiger partial charge in [-0.05, 0) is 27.2 Å². The van der Waals surface area contributed by atoms with Crippen molar-refractivity contribution in [2.75, 3.05) is 19.8 Å². The molecule has 0 aromatic heterocycles. The summed E-state index contributed by atoms with van der Waals surface area (Å²) in [6.45, 7) is 8.99. The third-order valence-electron chi connectivity index (χ3n) is 3.03. The second-order valence-electron chi connectivity index (χ2n) is 4.97. The highest BCUT2D eigenvalue weighted by Crippen LogP contribution is 2.33. The number of hydrogen-bond acceptors (Lipinski definition) is 3. The Kier molecular flexibility index (Phi) is 3.47. The lowest BCUT2D eigenvalue weighted by Gasteiger charge is -2.31. The second-order valence-corrected chi connectivity index (χ2v) is 4.97. The second kappa shape index (κ2) is 3.97. The van der Waals surface area contributed by atoms with Crippen LogP contribution in [0.1, 0.15) is 27.2 Å². The molecule has 0 saturated carbocycles. The molecule has 0 bridgehead atoms. The quantitative estimate of drug-likeness (QED) is 0.729. The Morgan fingerprint density at radius 2 is 2.00 bits per heavy atom. The topological polar surface area (TPSA) is 30.5 Å². The van der Waals surface area contributed by atoms with Crippen LogP contribution in [0.4, 0.5) is 0 Å². The summed E-state index contributed by atoms with van der Waals surface area (Å²) in [7, 11) is 0. The molecule has 0 spiro atoms. The SMILES string of the molecule is CC1(C)COC(C)(C2CCOC2)N1.Cl. The highest BCUT2D eigenvalue weighted by atomic mass is 35.5. The van der Waals surface area contributed by atoms with Gasteiger partial charge in [0.05, 0.1) is 13.2 Å². The fourth-order valence-electron chi connectivity index (χ4n) is 2.26. The maximum Gasteiger partial charge on any atom is 0.122 e. The van der Waals surface area contributed by atoms with Crippen molar-refractivity contribution < 1.29 is 9.47 Å². The first-order valence-corrected chi connectivity index (χ1v) is 5.03. The summed E-state index contributed by atoms with van der Waals surface area (Å²) in [6, 6.07) is 0. The number of nitrogens with one attached hydrogen (secondary N) is 1. The van der Waals surface area contributed by atoms with Crippen molar-refractivity contribution >= 4 is 12.4 Å². The van der Waals surface area contributed by atoms with Gasteiger partial charge in [-0.2, -0.15) is 0 Å². The summed E-state index contributed by atoms with van der Waals surface area (Å²) < 4.78 is 11.2. The Balaban J connectivity index is 0.000000980. The summed E-state index contributed by atoms with van der Waals surface area (Å²) in [5.41, 5.74) is -0.0582. The van der Waals surface area contributed by atoms with E-state index in [1.54, 1.807) is 0 Å². The summed E-state index contributed by atoms with van der Waals surface area (Å²) in [6.07, 6.45) is 1.11. The van der Waals surface area contributed by atoms with Crippen LogP contribution in [-0.2, 0) is 9.47 Å². The van der Waals surface area contributed by atoms with E-state index in [2.05, 4.69) is 26.1 Å². The number of rotatable bonds is 1. The molecule has 14 heavy (non-hydrogen) atoms. The van der Waals surface area contributed by atoms with Gasteiger partial charge in [0.25, 0.3) is 0 Å². The number of halogens is 1. The Morgan fingerprint density at radius 3 is 2.43 bits per heavy atom. The van der Waals surface area contributed by atoms with E-state index in [-0.39, 0.29) is 23.7 Å². The van der Waals surface area contributed by atoms with E-state index in [1.807, 2.05) is 0 Å². The molecule has 2 atom stereocenters. The molecule has 2 heterocycles. The molecule has 4 heteroatoms. The van der Waals surface area contributed by atoms with Gasteiger partial charge in [0.2, 0.25) is 0 Å². The van der Waals surface area contributed by atoms with Crippen LogP contribution in [0.3, 0.4) is 0 Å². The van der Waals surface area contributed by atoms with Crippen molar-refractivity contribution in [2.45, 2.75) is 38.5 Å². The zero-order valence-corrected chi connectivity index (χ0v) is 9.95. The average molecular weight is 222 g/mol. The molecule has 2 saturated heterocycles. The van der Waals surface area contributed by atoms with Gasteiger partial charge in [-0.3, -0.25) is 5.32 Å². The molecule has 0 amide bonds. The van der Waals surface area contributed by atoms with Crippen LogP contribution < -0.4 is 5.32 Å². The van der Waals surface area contributed by atoms with Crippen molar-refractivity contribution in [3.63, 3.8) is 0 Å². The van der Waals surface area contributed by atoms with Gasteiger partial charge in [-0.1, -0.05) is 0 Å². The fraction of sp³-hybridized carbons (Fsp3) is 1.00. The minimum Gasteiger partial charge on any atom is -0.381 e. The molecule has 0 radical (unpaired) electrons. The van der Waals surface area contributed by atoms with Crippen LogP contribution in [0.5, 0.6) is 0 Å². The normalized spacial score (nSPS) is 40.9. The first-order chi connectivity index (χ1) is 6.02. The van der Waals surface area contributed by atoms with Gasteiger partial charge in [0, 0.05) is 18.1 Å². The third-order valence-corrected chi connectivity index (χ3v) is 3.03. The molecule has 2 rings (SSSR count). The summed E-state index contributed by atoms with van der Waals surface area (Å²) in [5.74, 6) is 0.509. The summed E-state index contributed by atoms with van der Waals surface area (Å²) in [4.78, 5) is 0. The molecular formula is C10H20ClNO2. The maximum absolute atomic E-state index is 5.85. The first kappa shape index (κ1) is 12.2. The predicted octanol–water partition coefficient (Wildman–Crippen LogP) is 1.56. The van der Waals surface area contributed by atoms with Gasteiger partial charge in [-0.15, -0.1) is 12.4 Å². The Labute approximate surface area is 91.9 Å². The Hall–Kier alpha value is 0.170. The van der Waals surface area contributed by atoms with E-state index in [0.29, 0.717) is 5.92 Å². The summed E-state index contributed by atoms with van der Waals surface area (Å²) >= 11 is 0. The highest BCUT2D eigenvalue weighted by Gasteiger charge is 2.46. The Morgan fingerprint density at radius 1 is 1.29 bits per heavy atom. The first-order valence-electron chi connectivity index (χ1n) is 5.03.